The molecule has 0 atom stereocenters. The van der Waals surface area contributed by atoms with Gasteiger partial charge in [-0.05, 0) is 32.0 Å². The highest BCUT2D eigenvalue weighted by Crippen LogP contribution is 2.29. The van der Waals surface area contributed by atoms with Crippen LogP contribution in [0.2, 0.25) is 0 Å². The number of ether oxygens (including phenoxy) is 1. The number of hydrogen-bond donors (Lipinski definition) is 2. The zero-order valence-electron chi connectivity index (χ0n) is 11.2. The lowest BCUT2D eigenvalue weighted by Crippen LogP contribution is -2.26. The predicted molar refractivity (Wildman–Crippen MR) is 77.3 cm³/mol. The van der Waals surface area contributed by atoms with Crippen LogP contribution in [0.4, 0.5) is 0 Å². The molecule has 1 aliphatic heterocycles. The van der Waals surface area contributed by atoms with Crippen molar-refractivity contribution in [1.82, 2.24) is 20.5 Å². The van der Waals surface area contributed by atoms with Crippen LogP contribution < -0.4 is 5.32 Å². The van der Waals surface area contributed by atoms with Crippen LogP contribution >= 0.6 is 12.4 Å². The average molecular weight is 297 g/mol. The number of carbonyl (C=O) groups excluding carboxylic acids is 1. The topological polar surface area (TPSA) is 79.9 Å². The maximum absolute atomic E-state index is 11.6. The molecule has 2 aromatic heterocycles. The molecule has 7 heteroatoms. The summed E-state index contributed by atoms with van der Waals surface area (Å²) in [5.74, 6) is 0.0524. The Kier molecular flexibility index (Phi) is 4.57. The predicted octanol–water partition coefficient (Wildman–Crippen LogP) is 1.63. The van der Waals surface area contributed by atoms with Crippen molar-refractivity contribution in [2.75, 3.05) is 20.2 Å². The fourth-order valence-electron chi connectivity index (χ4n) is 2.56. The van der Waals surface area contributed by atoms with Crippen LogP contribution in [-0.2, 0) is 4.74 Å². The molecule has 0 aromatic carbocycles. The molecule has 0 saturated carbocycles. The molecule has 1 aliphatic rings. The fourth-order valence-corrected chi connectivity index (χ4v) is 2.56. The molecule has 20 heavy (non-hydrogen) atoms. The van der Waals surface area contributed by atoms with E-state index in [4.69, 9.17) is 4.74 Å². The summed E-state index contributed by atoms with van der Waals surface area (Å²) in [7, 11) is 1.37. The standard InChI is InChI=1S/C13H16N4O2.ClH/c1-19-13(18)9-6-10-11(8-2-4-14-5-3-8)16-17-12(10)15-7-9;/h6-8,14H,2-5H2,1H3,(H,15,16,17);1H. The van der Waals surface area contributed by atoms with Crippen LogP contribution in [0.5, 0.6) is 0 Å². The summed E-state index contributed by atoms with van der Waals surface area (Å²) in [5, 5.41) is 11.6. The van der Waals surface area contributed by atoms with Gasteiger partial charge >= 0.3 is 5.97 Å². The minimum absolute atomic E-state index is 0. The van der Waals surface area contributed by atoms with E-state index in [0.29, 0.717) is 11.5 Å². The van der Waals surface area contributed by atoms with E-state index in [9.17, 15) is 4.79 Å². The highest BCUT2D eigenvalue weighted by atomic mass is 35.5. The monoisotopic (exact) mass is 296 g/mol. The molecule has 0 amide bonds. The van der Waals surface area contributed by atoms with Crippen molar-refractivity contribution >= 4 is 29.4 Å². The summed E-state index contributed by atoms with van der Waals surface area (Å²) in [5.41, 5.74) is 2.20. The van der Waals surface area contributed by atoms with Crippen molar-refractivity contribution in [3.8, 4) is 0 Å². The number of rotatable bonds is 2. The van der Waals surface area contributed by atoms with Crippen LogP contribution in [0.15, 0.2) is 12.3 Å². The number of aromatic nitrogens is 3. The third-order valence-electron chi connectivity index (χ3n) is 3.59. The van der Waals surface area contributed by atoms with Gasteiger partial charge < -0.3 is 10.1 Å². The number of hydrogen-bond acceptors (Lipinski definition) is 5. The van der Waals surface area contributed by atoms with Crippen molar-refractivity contribution in [1.29, 1.82) is 0 Å². The zero-order valence-corrected chi connectivity index (χ0v) is 12.0. The Morgan fingerprint density at radius 2 is 2.15 bits per heavy atom. The van der Waals surface area contributed by atoms with Gasteiger partial charge in [0.25, 0.3) is 0 Å². The molecule has 108 valence electrons. The van der Waals surface area contributed by atoms with Gasteiger partial charge in [-0.2, -0.15) is 5.10 Å². The molecule has 0 aliphatic carbocycles. The van der Waals surface area contributed by atoms with E-state index in [1.807, 2.05) is 6.07 Å². The van der Waals surface area contributed by atoms with Crippen molar-refractivity contribution in [3.63, 3.8) is 0 Å². The molecule has 1 saturated heterocycles. The lowest BCUT2D eigenvalue weighted by atomic mass is 9.93. The second-order valence-corrected chi connectivity index (χ2v) is 4.74. The number of esters is 1. The number of pyridine rings is 1. The number of H-pyrrole nitrogens is 1. The lowest BCUT2D eigenvalue weighted by molar-refractivity contribution is 0.0600. The maximum atomic E-state index is 11.6. The number of nitrogens with one attached hydrogen (secondary N) is 2. The van der Waals surface area contributed by atoms with E-state index >= 15 is 0 Å². The number of carbonyl (C=O) groups is 1. The van der Waals surface area contributed by atoms with Crippen LogP contribution in [0, 0.1) is 0 Å². The number of methoxy groups -OCH3 is 1. The maximum Gasteiger partial charge on any atom is 0.339 e. The molecular formula is C13H17ClN4O2. The van der Waals surface area contributed by atoms with Gasteiger partial charge in [-0.25, -0.2) is 9.78 Å². The van der Waals surface area contributed by atoms with Crippen LogP contribution in [0.25, 0.3) is 11.0 Å². The number of piperidine rings is 1. The molecule has 0 radical (unpaired) electrons. The Morgan fingerprint density at radius 3 is 2.85 bits per heavy atom. The van der Waals surface area contributed by atoms with Gasteiger partial charge in [0.2, 0.25) is 0 Å². The van der Waals surface area contributed by atoms with E-state index in [1.54, 1.807) is 0 Å². The SMILES string of the molecule is COC(=O)c1cnc2[nH]nc(C3CCNCC3)c2c1.Cl. The second-order valence-electron chi connectivity index (χ2n) is 4.74. The van der Waals surface area contributed by atoms with E-state index in [0.717, 1.165) is 42.7 Å². The summed E-state index contributed by atoms with van der Waals surface area (Å²) < 4.78 is 4.73. The number of nitrogens with zero attached hydrogens (tertiary/aromatic N) is 2. The van der Waals surface area contributed by atoms with Crippen LogP contribution in [0.1, 0.15) is 34.8 Å². The first kappa shape index (κ1) is 14.7. The first-order valence-corrected chi connectivity index (χ1v) is 6.42. The first-order chi connectivity index (χ1) is 9.29. The summed E-state index contributed by atoms with van der Waals surface area (Å²) in [6.45, 7) is 2.01. The number of aromatic amines is 1. The van der Waals surface area contributed by atoms with Crippen LogP contribution in [0.3, 0.4) is 0 Å². The Labute approximate surface area is 122 Å². The van der Waals surface area contributed by atoms with Gasteiger partial charge in [0.1, 0.15) is 0 Å². The van der Waals surface area contributed by atoms with E-state index < -0.39 is 0 Å². The summed E-state index contributed by atoms with van der Waals surface area (Å²) in [6, 6.07) is 1.81. The van der Waals surface area contributed by atoms with E-state index in [2.05, 4.69) is 20.5 Å². The Bertz CT molecular complexity index is 607. The highest BCUT2D eigenvalue weighted by molar-refractivity contribution is 5.93. The molecule has 3 rings (SSSR count). The van der Waals surface area contributed by atoms with Crippen molar-refractivity contribution in [3.05, 3.63) is 23.5 Å². The van der Waals surface area contributed by atoms with Crippen molar-refractivity contribution < 1.29 is 9.53 Å². The number of halogens is 1. The van der Waals surface area contributed by atoms with Gasteiger partial charge in [-0.3, -0.25) is 5.10 Å². The largest absolute Gasteiger partial charge is 0.465 e. The average Bonchev–Trinajstić information content (AvgIpc) is 2.90. The normalized spacial score (nSPS) is 15.8. The van der Waals surface area contributed by atoms with E-state index in [-0.39, 0.29) is 18.4 Å². The van der Waals surface area contributed by atoms with E-state index in [1.165, 1.54) is 13.3 Å². The Hall–Kier alpha value is -1.66. The quantitative estimate of drug-likeness (QED) is 0.824. The molecule has 1 fully saturated rings. The van der Waals surface area contributed by atoms with Gasteiger partial charge in [0.05, 0.1) is 18.4 Å². The Balaban J connectivity index is 0.00000147. The second kappa shape index (κ2) is 6.19. The summed E-state index contributed by atoms with van der Waals surface area (Å²) >= 11 is 0. The van der Waals surface area contributed by atoms with Gasteiger partial charge in [0.15, 0.2) is 5.65 Å². The molecule has 6 nitrogen and oxygen atoms in total. The Morgan fingerprint density at radius 1 is 1.40 bits per heavy atom. The van der Waals surface area contributed by atoms with Gasteiger partial charge in [-0.1, -0.05) is 0 Å². The number of fused-ring (bicyclic) bond motifs is 1. The summed E-state index contributed by atoms with van der Waals surface area (Å²) in [6.07, 6.45) is 3.63. The minimum Gasteiger partial charge on any atom is -0.465 e. The summed E-state index contributed by atoms with van der Waals surface area (Å²) in [4.78, 5) is 15.8. The molecule has 2 aromatic rings. The molecule has 2 N–H and O–H groups in total. The first-order valence-electron chi connectivity index (χ1n) is 6.42. The van der Waals surface area contributed by atoms with Crippen molar-refractivity contribution in [2.24, 2.45) is 0 Å². The smallest absolute Gasteiger partial charge is 0.339 e. The fraction of sp³-hybridized carbons (Fsp3) is 0.462. The third-order valence-corrected chi connectivity index (χ3v) is 3.59. The molecule has 0 spiro atoms. The molecule has 0 unspecified atom stereocenters. The third kappa shape index (κ3) is 2.62. The molecule has 0 bridgehead atoms. The van der Waals surface area contributed by atoms with Gasteiger partial charge in [0, 0.05) is 17.5 Å². The molecule has 3 heterocycles. The molecular weight excluding hydrogens is 280 g/mol. The minimum atomic E-state index is -0.369. The highest BCUT2D eigenvalue weighted by Gasteiger charge is 2.21. The van der Waals surface area contributed by atoms with Crippen LogP contribution in [-0.4, -0.2) is 41.3 Å². The van der Waals surface area contributed by atoms with Crippen molar-refractivity contribution in [2.45, 2.75) is 18.8 Å². The lowest BCUT2D eigenvalue weighted by Gasteiger charge is -2.21. The van der Waals surface area contributed by atoms with Gasteiger partial charge in [-0.15, -0.1) is 12.4 Å². The zero-order chi connectivity index (χ0) is 13.2.